The summed E-state index contributed by atoms with van der Waals surface area (Å²) in [6.45, 7) is 1.59. The Labute approximate surface area is 143 Å². The molecule has 0 amide bonds. The van der Waals surface area contributed by atoms with Crippen LogP contribution in [0.3, 0.4) is 0 Å². The minimum atomic E-state index is 0.0864. The predicted octanol–water partition coefficient (Wildman–Crippen LogP) is 5.08. The summed E-state index contributed by atoms with van der Waals surface area (Å²) >= 11 is 0. The van der Waals surface area contributed by atoms with E-state index in [9.17, 15) is 4.79 Å². The molecule has 124 valence electrons. The van der Waals surface area contributed by atoms with Crippen molar-refractivity contribution in [1.29, 1.82) is 0 Å². The lowest BCUT2D eigenvalue weighted by atomic mass is 9.96. The van der Waals surface area contributed by atoms with Gasteiger partial charge in [0.15, 0.2) is 5.78 Å². The van der Waals surface area contributed by atoms with E-state index >= 15 is 0 Å². The van der Waals surface area contributed by atoms with Gasteiger partial charge in [0.2, 0.25) is 0 Å². The molecule has 1 saturated carbocycles. The van der Waals surface area contributed by atoms with E-state index < -0.39 is 0 Å². The first-order valence-corrected chi connectivity index (χ1v) is 8.73. The van der Waals surface area contributed by atoms with E-state index in [1.807, 2.05) is 54.6 Å². The van der Waals surface area contributed by atoms with Crippen molar-refractivity contribution in [2.45, 2.75) is 45.1 Å². The Morgan fingerprint density at radius 1 is 0.917 bits per heavy atom. The van der Waals surface area contributed by atoms with Gasteiger partial charge in [-0.05, 0) is 31.9 Å². The Morgan fingerprint density at radius 3 is 2.17 bits per heavy atom. The summed E-state index contributed by atoms with van der Waals surface area (Å²) in [5, 5.41) is 3.46. The Hall–Kier alpha value is -2.42. The van der Waals surface area contributed by atoms with Crippen LogP contribution in [0, 0.1) is 0 Å². The Balaban J connectivity index is 1.88. The first-order chi connectivity index (χ1) is 11.7. The number of nitrogens with one attached hydrogen (secondary N) is 1. The molecule has 0 aliphatic heterocycles. The zero-order valence-electron chi connectivity index (χ0n) is 14.2. The number of carbonyl (C=O) groups excluding carboxylic acids is 1. The molecule has 24 heavy (non-hydrogen) atoms. The van der Waals surface area contributed by atoms with Crippen molar-refractivity contribution >= 4 is 17.3 Å². The van der Waals surface area contributed by atoms with Crippen LogP contribution in [0.4, 0.5) is 5.69 Å². The van der Waals surface area contributed by atoms with Crippen LogP contribution in [-0.4, -0.2) is 17.7 Å². The van der Waals surface area contributed by atoms with E-state index in [2.05, 4.69) is 5.32 Å². The highest BCUT2D eigenvalue weighted by Gasteiger charge is 2.14. The van der Waals surface area contributed by atoms with Crippen LogP contribution in [0.25, 0.3) is 0 Å². The highest BCUT2D eigenvalue weighted by Crippen LogP contribution is 2.22. The van der Waals surface area contributed by atoms with Crippen molar-refractivity contribution in [3.8, 4) is 0 Å². The van der Waals surface area contributed by atoms with Gasteiger partial charge in [0.05, 0.1) is 6.04 Å². The number of para-hydroxylation sites is 1. The van der Waals surface area contributed by atoms with Gasteiger partial charge in [0.1, 0.15) is 5.84 Å². The van der Waals surface area contributed by atoms with E-state index in [1.54, 1.807) is 6.92 Å². The van der Waals surface area contributed by atoms with E-state index in [0.29, 0.717) is 6.04 Å². The fraction of sp³-hybridized carbons (Fsp3) is 0.333. The summed E-state index contributed by atoms with van der Waals surface area (Å²) < 4.78 is 0. The quantitative estimate of drug-likeness (QED) is 0.485. The van der Waals surface area contributed by atoms with E-state index in [0.717, 1.165) is 35.5 Å². The Morgan fingerprint density at radius 2 is 1.54 bits per heavy atom. The number of amidine groups is 1. The predicted molar refractivity (Wildman–Crippen MR) is 99.9 cm³/mol. The van der Waals surface area contributed by atoms with Crippen LogP contribution < -0.4 is 5.32 Å². The molecule has 2 aromatic rings. The summed E-state index contributed by atoms with van der Waals surface area (Å²) in [5.41, 5.74) is 2.78. The molecule has 3 rings (SSSR count). The first-order valence-electron chi connectivity index (χ1n) is 8.73. The van der Waals surface area contributed by atoms with Crippen LogP contribution in [0.1, 0.15) is 54.9 Å². The van der Waals surface area contributed by atoms with Crippen molar-refractivity contribution < 1.29 is 4.79 Å². The molecule has 1 aliphatic carbocycles. The van der Waals surface area contributed by atoms with Crippen LogP contribution in [0.5, 0.6) is 0 Å². The minimum absolute atomic E-state index is 0.0864. The number of anilines is 1. The van der Waals surface area contributed by atoms with Crippen molar-refractivity contribution in [1.82, 2.24) is 0 Å². The summed E-state index contributed by atoms with van der Waals surface area (Å²) in [6.07, 6.45) is 6.16. The topological polar surface area (TPSA) is 41.5 Å². The van der Waals surface area contributed by atoms with Gasteiger partial charge >= 0.3 is 0 Å². The number of hydrogen-bond acceptors (Lipinski definition) is 2. The molecule has 0 unspecified atom stereocenters. The summed E-state index contributed by atoms with van der Waals surface area (Å²) in [7, 11) is 0. The molecule has 0 spiro atoms. The van der Waals surface area contributed by atoms with Crippen LogP contribution in [0.2, 0.25) is 0 Å². The summed E-state index contributed by atoms with van der Waals surface area (Å²) in [4.78, 5) is 16.5. The standard InChI is InChI=1S/C21H24N2O/c1-16(24)17-12-14-18(15-13-17)21(22-19-8-4-2-5-9-19)23-20-10-6-3-7-11-20/h2,4-5,8-9,12-15,20H,3,6-7,10-11H2,1H3,(H,22,23). The Bertz CT molecular complexity index is 698. The number of aliphatic imine (C=N–C) groups is 1. The van der Waals surface area contributed by atoms with Gasteiger partial charge in [-0.2, -0.15) is 0 Å². The molecule has 1 fully saturated rings. The summed E-state index contributed by atoms with van der Waals surface area (Å²) in [5.74, 6) is 0.978. The lowest BCUT2D eigenvalue weighted by Gasteiger charge is -2.20. The molecular formula is C21H24N2O. The molecule has 2 aromatic carbocycles. The highest BCUT2D eigenvalue weighted by atomic mass is 16.1. The molecule has 1 aliphatic rings. The molecular weight excluding hydrogens is 296 g/mol. The molecule has 0 atom stereocenters. The molecule has 0 aromatic heterocycles. The second-order valence-corrected chi connectivity index (χ2v) is 6.39. The van der Waals surface area contributed by atoms with Crippen LogP contribution >= 0.6 is 0 Å². The molecule has 0 bridgehead atoms. The van der Waals surface area contributed by atoms with Gasteiger partial charge in [-0.25, -0.2) is 0 Å². The van der Waals surface area contributed by atoms with Crippen molar-refractivity contribution in [2.75, 3.05) is 5.32 Å². The third kappa shape index (κ3) is 4.31. The monoisotopic (exact) mass is 320 g/mol. The zero-order valence-corrected chi connectivity index (χ0v) is 14.2. The number of hydrogen-bond donors (Lipinski definition) is 1. The number of nitrogens with zero attached hydrogens (tertiary/aromatic N) is 1. The smallest absolute Gasteiger partial charge is 0.159 e. The number of benzene rings is 2. The largest absolute Gasteiger partial charge is 0.340 e. The van der Waals surface area contributed by atoms with Crippen LogP contribution in [-0.2, 0) is 0 Å². The molecule has 1 N–H and O–H groups in total. The lowest BCUT2D eigenvalue weighted by molar-refractivity contribution is 0.101. The molecule has 3 nitrogen and oxygen atoms in total. The fourth-order valence-electron chi connectivity index (χ4n) is 3.09. The van der Waals surface area contributed by atoms with E-state index in [1.165, 1.54) is 19.3 Å². The second-order valence-electron chi connectivity index (χ2n) is 6.39. The second kappa shape index (κ2) is 7.91. The van der Waals surface area contributed by atoms with Crippen LogP contribution in [0.15, 0.2) is 59.6 Å². The number of rotatable bonds is 4. The third-order valence-corrected chi connectivity index (χ3v) is 4.49. The number of carbonyl (C=O) groups is 1. The van der Waals surface area contributed by atoms with Gasteiger partial charge < -0.3 is 5.32 Å². The van der Waals surface area contributed by atoms with Gasteiger partial charge in [0.25, 0.3) is 0 Å². The Kier molecular flexibility index (Phi) is 5.42. The lowest BCUT2D eigenvalue weighted by Crippen LogP contribution is -2.19. The molecule has 0 radical (unpaired) electrons. The number of ketones is 1. The molecule has 3 heteroatoms. The van der Waals surface area contributed by atoms with E-state index in [-0.39, 0.29) is 5.78 Å². The third-order valence-electron chi connectivity index (χ3n) is 4.49. The normalized spacial score (nSPS) is 16.0. The maximum atomic E-state index is 11.5. The maximum Gasteiger partial charge on any atom is 0.159 e. The van der Waals surface area contributed by atoms with Gasteiger partial charge in [0, 0.05) is 16.8 Å². The van der Waals surface area contributed by atoms with Crippen molar-refractivity contribution in [3.05, 3.63) is 65.7 Å². The molecule has 0 heterocycles. The maximum absolute atomic E-state index is 11.5. The van der Waals surface area contributed by atoms with Crippen molar-refractivity contribution in [2.24, 2.45) is 4.99 Å². The van der Waals surface area contributed by atoms with Gasteiger partial charge in [-0.3, -0.25) is 9.79 Å². The first kappa shape index (κ1) is 16.4. The molecule has 0 saturated heterocycles. The van der Waals surface area contributed by atoms with E-state index in [4.69, 9.17) is 4.99 Å². The SMILES string of the molecule is CC(=O)c1ccc(C(=NC2CCCCC2)Nc2ccccc2)cc1. The zero-order chi connectivity index (χ0) is 16.8. The highest BCUT2D eigenvalue weighted by molar-refractivity contribution is 6.08. The minimum Gasteiger partial charge on any atom is -0.340 e. The van der Waals surface area contributed by atoms with Gasteiger partial charge in [-0.15, -0.1) is 0 Å². The average molecular weight is 320 g/mol. The average Bonchev–Trinajstić information content (AvgIpc) is 2.63. The fourth-order valence-corrected chi connectivity index (χ4v) is 3.09. The number of Topliss-reactive ketones (excluding diaryl/α,β-unsaturated/α-hetero) is 1. The summed E-state index contributed by atoms with van der Waals surface area (Å²) in [6, 6.07) is 18.2. The van der Waals surface area contributed by atoms with Gasteiger partial charge in [-0.1, -0.05) is 61.7 Å². The van der Waals surface area contributed by atoms with Crippen molar-refractivity contribution in [3.63, 3.8) is 0 Å².